The van der Waals surface area contributed by atoms with E-state index in [0.29, 0.717) is 31.4 Å². The van der Waals surface area contributed by atoms with Gasteiger partial charge in [0, 0.05) is 25.4 Å². The summed E-state index contributed by atoms with van der Waals surface area (Å²) in [6, 6.07) is 12.8. The summed E-state index contributed by atoms with van der Waals surface area (Å²) in [6.45, 7) is 10.0. The molecule has 3 aliphatic rings. The van der Waals surface area contributed by atoms with E-state index in [1.54, 1.807) is 11.0 Å². The Morgan fingerprint density at radius 1 is 1.12 bits per heavy atom. The number of nitrogens with zero attached hydrogens (tertiary/aromatic N) is 2. The van der Waals surface area contributed by atoms with E-state index in [4.69, 9.17) is 9.47 Å². The predicted octanol–water partition coefficient (Wildman–Crippen LogP) is 4.41. The van der Waals surface area contributed by atoms with Crippen LogP contribution < -0.4 is 4.90 Å². The van der Waals surface area contributed by atoms with Crippen molar-refractivity contribution in [2.75, 3.05) is 31.2 Å². The zero-order valence-electron chi connectivity index (χ0n) is 23.8. The first-order chi connectivity index (χ1) is 19.8. The first-order valence-corrected chi connectivity index (χ1v) is 14.6. The molecule has 3 aliphatic heterocycles. The molecule has 0 radical (unpaired) electrons. The van der Waals surface area contributed by atoms with Gasteiger partial charge in [-0.2, -0.15) is 0 Å². The lowest BCUT2D eigenvalue weighted by molar-refractivity contribution is -0.159. The number of likely N-dealkylation sites (tertiary alicyclic amines) is 1. The number of ether oxygens (including phenoxy) is 2. The van der Waals surface area contributed by atoms with E-state index in [9.17, 15) is 19.5 Å². The topological polar surface area (TPSA) is 96.4 Å². The molecule has 3 saturated heterocycles. The fourth-order valence-electron chi connectivity index (χ4n) is 7.14. The third kappa shape index (κ3) is 4.97. The highest BCUT2D eigenvalue weighted by Gasteiger charge is 2.78. The summed E-state index contributed by atoms with van der Waals surface area (Å²) in [5.41, 5.74) is -1.36. The van der Waals surface area contributed by atoms with Gasteiger partial charge in [0.2, 0.25) is 5.91 Å². The molecular weight excluding hydrogens is 520 g/mol. The molecule has 0 aromatic heterocycles. The van der Waals surface area contributed by atoms with Crippen LogP contribution in [0.5, 0.6) is 0 Å². The molecular formula is C33H40N2O6. The molecule has 0 saturated carbocycles. The van der Waals surface area contributed by atoms with Crippen LogP contribution in [-0.2, 0) is 23.9 Å². The van der Waals surface area contributed by atoms with Gasteiger partial charge in [0.1, 0.15) is 17.6 Å². The molecule has 2 aromatic carbocycles. The molecule has 5 rings (SSSR count). The zero-order chi connectivity index (χ0) is 29.2. The largest absolute Gasteiger partial charge is 0.465 e. The van der Waals surface area contributed by atoms with Crippen molar-refractivity contribution in [2.24, 2.45) is 11.8 Å². The molecule has 3 fully saturated rings. The van der Waals surface area contributed by atoms with E-state index in [-0.39, 0.29) is 38.1 Å². The minimum absolute atomic E-state index is 0.127. The van der Waals surface area contributed by atoms with Crippen molar-refractivity contribution in [1.82, 2.24) is 4.90 Å². The smallest absolute Gasteiger partial charge is 0.312 e. The summed E-state index contributed by atoms with van der Waals surface area (Å²) < 4.78 is 12.4. The average Bonchev–Trinajstić information content (AvgIpc) is 3.54. The Labute approximate surface area is 241 Å². The number of fused-ring (bicyclic) bond motifs is 2. The molecule has 1 N–H and O–H groups in total. The standard InChI is InChI=1S/C33H40N2O6/c1-4-6-7-10-21-40-31(39)27-26-29(37)35(19-11-20-36)28(33(26)17-16-32(27,3)41-33)30(38)34(18-5-2)25-15-14-23-12-8-9-13-24(23)22-25/h4-5,8-9,12-15,22,26-28,36H,1-2,6-7,10-11,16-21H2,3H3/t26-,27+,28?,32-,33?/m0/s1. The fraction of sp³-hybridized carbons (Fsp3) is 0.485. The van der Waals surface area contributed by atoms with Gasteiger partial charge in [0.25, 0.3) is 5.91 Å². The van der Waals surface area contributed by atoms with Crippen LogP contribution >= 0.6 is 0 Å². The third-order valence-corrected chi connectivity index (χ3v) is 8.99. The number of aliphatic hydroxyl groups is 1. The first kappa shape index (κ1) is 29.0. The first-order valence-electron chi connectivity index (χ1n) is 14.6. The van der Waals surface area contributed by atoms with Gasteiger partial charge in [-0.1, -0.05) is 42.5 Å². The third-order valence-electron chi connectivity index (χ3n) is 8.99. The van der Waals surface area contributed by atoms with Crippen molar-refractivity contribution in [2.45, 2.75) is 62.7 Å². The van der Waals surface area contributed by atoms with E-state index in [1.165, 1.54) is 4.90 Å². The molecule has 2 amide bonds. The Kier molecular flexibility index (Phi) is 8.34. The quantitative estimate of drug-likeness (QED) is 0.222. The van der Waals surface area contributed by atoms with Gasteiger partial charge in [0.05, 0.1) is 18.1 Å². The van der Waals surface area contributed by atoms with E-state index in [1.807, 2.05) is 55.5 Å². The fourth-order valence-corrected chi connectivity index (χ4v) is 7.14. The maximum atomic E-state index is 14.6. The number of amides is 2. The van der Waals surface area contributed by atoms with Crippen molar-refractivity contribution in [3.8, 4) is 0 Å². The maximum absolute atomic E-state index is 14.6. The van der Waals surface area contributed by atoms with E-state index < -0.39 is 35.0 Å². The Morgan fingerprint density at radius 3 is 2.63 bits per heavy atom. The van der Waals surface area contributed by atoms with Gasteiger partial charge >= 0.3 is 5.97 Å². The molecule has 2 aromatic rings. The van der Waals surface area contributed by atoms with Crippen LogP contribution in [0.15, 0.2) is 67.8 Å². The summed E-state index contributed by atoms with van der Waals surface area (Å²) in [6.07, 6.45) is 7.24. The van der Waals surface area contributed by atoms with Crippen LogP contribution in [-0.4, -0.2) is 71.3 Å². The molecule has 5 atom stereocenters. The average molecular weight is 561 g/mol. The number of rotatable bonds is 13. The summed E-state index contributed by atoms with van der Waals surface area (Å²) >= 11 is 0. The zero-order valence-corrected chi connectivity index (χ0v) is 23.8. The molecule has 0 aliphatic carbocycles. The van der Waals surface area contributed by atoms with Crippen LogP contribution in [0.1, 0.15) is 45.4 Å². The molecule has 41 heavy (non-hydrogen) atoms. The van der Waals surface area contributed by atoms with E-state index in [2.05, 4.69) is 13.2 Å². The normalized spacial score (nSPS) is 28.1. The van der Waals surface area contributed by atoms with Gasteiger partial charge in [0.15, 0.2) is 0 Å². The Hall–Kier alpha value is -3.49. The van der Waals surface area contributed by atoms with Crippen molar-refractivity contribution < 1.29 is 29.0 Å². The highest BCUT2D eigenvalue weighted by molar-refractivity contribution is 6.05. The number of aliphatic hydroxyl groups excluding tert-OH is 1. The number of hydrogen-bond acceptors (Lipinski definition) is 6. The van der Waals surface area contributed by atoms with Gasteiger partial charge in [-0.05, 0) is 68.4 Å². The van der Waals surface area contributed by atoms with Crippen molar-refractivity contribution in [1.29, 1.82) is 0 Å². The summed E-state index contributed by atoms with van der Waals surface area (Å²) in [5.74, 6) is -2.64. The highest BCUT2D eigenvalue weighted by atomic mass is 16.6. The van der Waals surface area contributed by atoms with Gasteiger partial charge in [-0.25, -0.2) is 0 Å². The molecule has 218 valence electrons. The molecule has 8 heteroatoms. The van der Waals surface area contributed by atoms with Crippen LogP contribution in [0, 0.1) is 11.8 Å². The van der Waals surface area contributed by atoms with Gasteiger partial charge in [-0.15, -0.1) is 13.2 Å². The van der Waals surface area contributed by atoms with Crippen LogP contribution in [0.25, 0.3) is 10.8 Å². The monoisotopic (exact) mass is 560 g/mol. The van der Waals surface area contributed by atoms with Crippen molar-refractivity contribution in [3.63, 3.8) is 0 Å². The second-order valence-electron chi connectivity index (χ2n) is 11.6. The van der Waals surface area contributed by atoms with Crippen LogP contribution in [0.2, 0.25) is 0 Å². The molecule has 1 spiro atoms. The lowest BCUT2D eigenvalue weighted by Gasteiger charge is -2.36. The number of carbonyl (C=O) groups is 3. The maximum Gasteiger partial charge on any atom is 0.312 e. The number of benzene rings is 2. The minimum atomic E-state index is -1.15. The van der Waals surface area contributed by atoms with E-state index >= 15 is 0 Å². The summed E-state index contributed by atoms with van der Waals surface area (Å²) in [4.78, 5) is 45.4. The van der Waals surface area contributed by atoms with E-state index in [0.717, 1.165) is 23.6 Å². The summed E-state index contributed by atoms with van der Waals surface area (Å²) in [5, 5.41) is 11.7. The van der Waals surface area contributed by atoms with Gasteiger partial charge < -0.3 is 24.4 Å². The molecule has 3 heterocycles. The second-order valence-corrected chi connectivity index (χ2v) is 11.6. The Bertz CT molecular complexity index is 1340. The number of esters is 1. The Morgan fingerprint density at radius 2 is 1.90 bits per heavy atom. The number of hydrogen-bond donors (Lipinski definition) is 1. The van der Waals surface area contributed by atoms with Crippen LogP contribution in [0.4, 0.5) is 5.69 Å². The SMILES string of the molecule is C=CCCCCOC(=O)[C@H]1[C@H]2C(=O)N(CCCO)C(C(=O)N(CC=C)c3ccc4ccccc4c3)C23CC[C@]1(C)O3. The van der Waals surface area contributed by atoms with Crippen molar-refractivity contribution >= 4 is 34.2 Å². The summed E-state index contributed by atoms with van der Waals surface area (Å²) in [7, 11) is 0. The number of carbonyl (C=O) groups excluding carboxylic acids is 3. The second kappa shape index (κ2) is 11.8. The van der Waals surface area contributed by atoms with Crippen LogP contribution in [0.3, 0.4) is 0 Å². The van der Waals surface area contributed by atoms with Gasteiger partial charge in [-0.3, -0.25) is 14.4 Å². The molecule has 8 nitrogen and oxygen atoms in total. The lowest BCUT2D eigenvalue weighted by atomic mass is 9.66. The number of unbranched alkanes of at least 4 members (excludes halogenated alkanes) is 2. The minimum Gasteiger partial charge on any atom is -0.465 e. The Balaban J connectivity index is 1.49. The molecule has 2 unspecified atom stereocenters. The number of allylic oxidation sites excluding steroid dienone is 1. The van der Waals surface area contributed by atoms with Crippen molar-refractivity contribution in [3.05, 3.63) is 67.8 Å². The molecule has 2 bridgehead atoms. The lowest BCUT2D eigenvalue weighted by Crippen LogP contribution is -2.56. The number of anilines is 1. The predicted molar refractivity (Wildman–Crippen MR) is 157 cm³/mol. The highest BCUT2D eigenvalue weighted by Crippen LogP contribution is 2.63.